The molecule has 2 aromatic rings. The number of nitrogens with zero attached hydrogens (tertiary/aromatic N) is 2. The lowest BCUT2D eigenvalue weighted by Crippen LogP contribution is -2.42. The third-order valence-electron chi connectivity index (χ3n) is 5.16. The van der Waals surface area contributed by atoms with Crippen LogP contribution in [0.4, 0.5) is 5.69 Å². The quantitative estimate of drug-likeness (QED) is 0.567. The fraction of sp³-hybridized carbons (Fsp3) is 0.304. The van der Waals surface area contributed by atoms with E-state index < -0.39 is 0 Å². The van der Waals surface area contributed by atoms with Crippen LogP contribution in [0.2, 0.25) is 5.02 Å². The van der Waals surface area contributed by atoms with Gasteiger partial charge < -0.3 is 9.64 Å². The normalized spacial score (nSPS) is 15.1. The molecule has 0 radical (unpaired) electrons. The number of rotatable bonds is 5. The van der Waals surface area contributed by atoms with Gasteiger partial charge in [0.15, 0.2) is 6.61 Å². The number of carbonyl (C=O) groups is 1. The van der Waals surface area contributed by atoms with Gasteiger partial charge in [-0.1, -0.05) is 23.7 Å². The highest BCUT2D eigenvalue weighted by molar-refractivity contribution is 6.30. The van der Waals surface area contributed by atoms with Crippen molar-refractivity contribution in [1.29, 1.82) is 0 Å². The molecule has 0 atom stereocenters. The van der Waals surface area contributed by atoms with E-state index in [0.29, 0.717) is 10.8 Å². The fourth-order valence-corrected chi connectivity index (χ4v) is 3.55. The zero-order valence-corrected chi connectivity index (χ0v) is 18.2. The molecule has 0 aliphatic carbocycles. The van der Waals surface area contributed by atoms with Gasteiger partial charge in [-0.25, -0.2) is 5.43 Å². The summed E-state index contributed by atoms with van der Waals surface area (Å²) < 4.78 is 5.41. The van der Waals surface area contributed by atoms with Crippen molar-refractivity contribution in [2.75, 3.05) is 18.6 Å². The van der Waals surface area contributed by atoms with Crippen molar-refractivity contribution in [2.24, 2.45) is 5.10 Å². The SMILES string of the molecule is CC1=CC(C)(C)N(C)c2cc(C)c(/C=N\NC(=O)COc3cccc(Cl)c3)cc21. The van der Waals surface area contributed by atoms with Crippen LogP contribution in [0, 0.1) is 6.92 Å². The Hall–Kier alpha value is -2.79. The van der Waals surface area contributed by atoms with E-state index in [4.69, 9.17) is 16.3 Å². The lowest BCUT2D eigenvalue weighted by molar-refractivity contribution is -0.123. The number of anilines is 1. The van der Waals surface area contributed by atoms with Gasteiger partial charge in [0.1, 0.15) is 5.75 Å². The van der Waals surface area contributed by atoms with Crippen molar-refractivity contribution in [3.05, 3.63) is 64.2 Å². The molecule has 0 saturated heterocycles. The number of halogens is 1. The molecular formula is C23H26ClN3O2. The third kappa shape index (κ3) is 4.80. The second-order valence-corrected chi connectivity index (χ2v) is 8.24. The van der Waals surface area contributed by atoms with Crippen LogP contribution in [0.3, 0.4) is 0 Å². The van der Waals surface area contributed by atoms with Gasteiger partial charge in [-0.05, 0) is 74.7 Å². The summed E-state index contributed by atoms with van der Waals surface area (Å²) in [6.45, 7) is 8.43. The lowest BCUT2D eigenvalue weighted by atomic mass is 9.87. The molecular weight excluding hydrogens is 386 g/mol. The third-order valence-corrected chi connectivity index (χ3v) is 5.40. The molecule has 0 fully saturated rings. The molecule has 0 saturated carbocycles. The largest absolute Gasteiger partial charge is 0.484 e. The maximum absolute atomic E-state index is 12.0. The summed E-state index contributed by atoms with van der Waals surface area (Å²) in [5, 5.41) is 4.65. The number of carbonyl (C=O) groups excluding carboxylic acids is 1. The fourth-order valence-electron chi connectivity index (χ4n) is 3.37. The first-order valence-electron chi connectivity index (χ1n) is 9.46. The molecule has 1 amide bonds. The first-order chi connectivity index (χ1) is 13.7. The van der Waals surface area contributed by atoms with Crippen LogP contribution in [-0.2, 0) is 4.79 Å². The number of nitrogens with one attached hydrogen (secondary N) is 1. The molecule has 5 nitrogen and oxygen atoms in total. The van der Waals surface area contributed by atoms with E-state index in [1.54, 1.807) is 30.5 Å². The summed E-state index contributed by atoms with van der Waals surface area (Å²) in [5.74, 6) is 0.200. The molecule has 1 aliphatic heterocycles. The van der Waals surface area contributed by atoms with Crippen LogP contribution in [-0.4, -0.2) is 31.3 Å². The molecule has 3 rings (SSSR count). The highest BCUT2D eigenvalue weighted by atomic mass is 35.5. The van der Waals surface area contributed by atoms with Crippen LogP contribution < -0.4 is 15.1 Å². The monoisotopic (exact) mass is 411 g/mol. The Balaban J connectivity index is 1.67. The molecule has 0 bridgehead atoms. The highest BCUT2D eigenvalue weighted by Crippen LogP contribution is 2.38. The van der Waals surface area contributed by atoms with Crippen molar-refractivity contribution < 1.29 is 9.53 Å². The Morgan fingerprint density at radius 3 is 2.76 bits per heavy atom. The van der Waals surface area contributed by atoms with E-state index in [2.05, 4.69) is 61.5 Å². The van der Waals surface area contributed by atoms with Crippen molar-refractivity contribution in [3.63, 3.8) is 0 Å². The summed E-state index contributed by atoms with van der Waals surface area (Å²) in [7, 11) is 2.11. The summed E-state index contributed by atoms with van der Waals surface area (Å²) >= 11 is 5.90. The molecule has 0 aromatic heterocycles. The first-order valence-corrected chi connectivity index (χ1v) is 9.84. The molecule has 29 heavy (non-hydrogen) atoms. The van der Waals surface area contributed by atoms with Gasteiger partial charge in [-0.15, -0.1) is 0 Å². The van der Waals surface area contributed by atoms with Gasteiger partial charge in [-0.2, -0.15) is 5.10 Å². The molecule has 1 N–H and O–H groups in total. The summed E-state index contributed by atoms with van der Waals surface area (Å²) in [5.41, 5.74) is 8.13. The molecule has 0 spiro atoms. The number of fused-ring (bicyclic) bond motifs is 1. The average molecular weight is 412 g/mol. The molecule has 6 heteroatoms. The number of amides is 1. The Kier molecular flexibility index (Phi) is 5.99. The molecule has 1 heterocycles. The Bertz CT molecular complexity index is 996. The van der Waals surface area contributed by atoms with E-state index in [1.807, 2.05) is 6.92 Å². The van der Waals surface area contributed by atoms with E-state index in [0.717, 1.165) is 11.1 Å². The maximum atomic E-state index is 12.0. The predicted molar refractivity (Wildman–Crippen MR) is 120 cm³/mol. The summed E-state index contributed by atoms with van der Waals surface area (Å²) in [4.78, 5) is 14.3. The zero-order chi connectivity index (χ0) is 21.2. The number of hydrazone groups is 1. The van der Waals surface area contributed by atoms with E-state index in [1.165, 1.54) is 16.8 Å². The Morgan fingerprint density at radius 2 is 2.03 bits per heavy atom. The lowest BCUT2D eigenvalue weighted by Gasteiger charge is -2.41. The maximum Gasteiger partial charge on any atom is 0.277 e. The zero-order valence-electron chi connectivity index (χ0n) is 17.4. The summed E-state index contributed by atoms with van der Waals surface area (Å²) in [6, 6.07) is 11.2. The van der Waals surface area contributed by atoms with Crippen LogP contribution in [0.15, 0.2) is 47.6 Å². The highest BCUT2D eigenvalue weighted by Gasteiger charge is 2.28. The van der Waals surface area contributed by atoms with Crippen molar-refractivity contribution in [1.82, 2.24) is 5.43 Å². The van der Waals surface area contributed by atoms with Crippen LogP contribution in [0.1, 0.15) is 37.5 Å². The minimum atomic E-state index is -0.339. The Labute approximate surface area is 177 Å². The molecule has 152 valence electrons. The van der Waals surface area contributed by atoms with Crippen LogP contribution in [0.25, 0.3) is 5.57 Å². The minimum Gasteiger partial charge on any atom is -0.484 e. The standard InChI is InChI=1S/C23H26ClN3O2/c1-15-9-21-20(16(2)12-23(3,4)27(21)5)10-17(15)13-25-26-22(28)14-29-19-8-6-7-18(24)11-19/h6-13H,14H2,1-5H3,(H,26,28)/b25-13-. The van der Waals surface area contributed by atoms with Gasteiger partial charge in [0.2, 0.25) is 0 Å². The molecule has 0 unspecified atom stereocenters. The van der Waals surface area contributed by atoms with Gasteiger partial charge in [0.05, 0.1) is 11.8 Å². The topological polar surface area (TPSA) is 53.9 Å². The van der Waals surface area contributed by atoms with Crippen molar-refractivity contribution in [3.8, 4) is 5.75 Å². The number of benzene rings is 2. The Morgan fingerprint density at radius 1 is 1.28 bits per heavy atom. The molecule has 2 aromatic carbocycles. The van der Waals surface area contributed by atoms with Crippen LogP contribution >= 0.6 is 11.6 Å². The first kappa shape index (κ1) is 20.9. The van der Waals surface area contributed by atoms with Gasteiger partial charge in [-0.3, -0.25) is 4.79 Å². The number of ether oxygens (including phenoxy) is 1. The smallest absolute Gasteiger partial charge is 0.277 e. The van der Waals surface area contributed by atoms with Gasteiger partial charge in [0.25, 0.3) is 5.91 Å². The minimum absolute atomic E-state index is 0.0317. The predicted octanol–water partition coefficient (Wildman–Crippen LogP) is 4.81. The average Bonchev–Trinajstić information content (AvgIpc) is 2.65. The van der Waals surface area contributed by atoms with Gasteiger partial charge >= 0.3 is 0 Å². The second-order valence-electron chi connectivity index (χ2n) is 7.81. The number of aryl methyl sites for hydroxylation is 1. The number of likely N-dealkylation sites (N-methyl/N-ethyl adjacent to an activating group) is 1. The van der Waals surface area contributed by atoms with E-state index in [-0.39, 0.29) is 18.1 Å². The number of allylic oxidation sites excluding steroid dienone is 1. The van der Waals surface area contributed by atoms with E-state index >= 15 is 0 Å². The number of hydrogen-bond acceptors (Lipinski definition) is 4. The second kappa shape index (κ2) is 8.29. The van der Waals surface area contributed by atoms with Gasteiger partial charge in [0, 0.05) is 23.3 Å². The van der Waals surface area contributed by atoms with Crippen LogP contribution in [0.5, 0.6) is 5.75 Å². The van der Waals surface area contributed by atoms with E-state index in [9.17, 15) is 4.79 Å². The summed E-state index contributed by atoms with van der Waals surface area (Å²) in [6.07, 6.45) is 3.93. The van der Waals surface area contributed by atoms with Crippen molar-refractivity contribution >= 4 is 35.0 Å². The van der Waals surface area contributed by atoms with Crippen molar-refractivity contribution in [2.45, 2.75) is 33.2 Å². The molecule has 1 aliphatic rings. The number of hydrogen-bond donors (Lipinski definition) is 1.